The van der Waals surface area contributed by atoms with E-state index < -0.39 is 0 Å². The lowest BCUT2D eigenvalue weighted by Gasteiger charge is -2.29. The van der Waals surface area contributed by atoms with Crippen LogP contribution in [0, 0.1) is 0 Å². The second kappa shape index (κ2) is 11.2. The van der Waals surface area contributed by atoms with Crippen LogP contribution >= 0.6 is 0 Å². The third-order valence-electron chi connectivity index (χ3n) is 6.82. The third kappa shape index (κ3) is 5.58. The zero-order valence-electron chi connectivity index (χ0n) is 22.9. The Balaban J connectivity index is 1.63. The molecule has 0 aliphatic rings. The highest BCUT2D eigenvalue weighted by Gasteiger charge is 2.18. The van der Waals surface area contributed by atoms with Crippen molar-refractivity contribution in [1.29, 1.82) is 0 Å². The van der Waals surface area contributed by atoms with E-state index in [0.29, 0.717) is 34.1 Å². The van der Waals surface area contributed by atoms with Gasteiger partial charge in [-0.1, -0.05) is 0 Å². The average molecular weight is 545 g/mol. The van der Waals surface area contributed by atoms with Crippen molar-refractivity contribution in [3.63, 3.8) is 0 Å². The summed E-state index contributed by atoms with van der Waals surface area (Å²) in [4.78, 5) is 16.5. The molecule has 0 atom stereocenters. The summed E-state index contributed by atoms with van der Waals surface area (Å²) in [5.74, 6) is 0.432. The van der Waals surface area contributed by atoms with E-state index in [1.807, 2.05) is 95.9 Å². The van der Waals surface area contributed by atoms with Gasteiger partial charge in [-0.15, -0.1) is 0 Å². The van der Waals surface area contributed by atoms with Gasteiger partial charge in [0, 0.05) is 62.8 Å². The Bertz CT molecular complexity index is 1640. The van der Waals surface area contributed by atoms with Crippen LogP contribution in [0.5, 0.6) is 5.75 Å². The van der Waals surface area contributed by atoms with Crippen molar-refractivity contribution in [3.05, 3.63) is 115 Å². The zero-order chi connectivity index (χ0) is 29.1. The lowest BCUT2D eigenvalue weighted by atomic mass is 10.1. The van der Waals surface area contributed by atoms with Crippen molar-refractivity contribution in [2.45, 2.75) is 6.92 Å². The first-order valence-corrected chi connectivity index (χ1v) is 13.0. The molecule has 0 heterocycles. The number of carbonyl (C=O) groups is 1. The number of nitrogens with zero attached hydrogens (tertiary/aromatic N) is 2. The van der Waals surface area contributed by atoms with E-state index >= 15 is 0 Å². The molecule has 206 valence electrons. The van der Waals surface area contributed by atoms with Gasteiger partial charge >= 0.3 is 0 Å². The second-order valence-electron chi connectivity index (χ2n) is 9.62. The van der Waals surface area contributed by atoms with Crippen molar-refractivity contribution in [2.24, 2.45) is 0 Å². The molecule has 0 aromatic heterocycles. The van der Waals surface area contributed by atoms with Gasteiger partial charge in [-0.25, -0.2) is 0 Å². The van der Waals surface area contributed by atoms with Gasteiger partial charge in [0.05, 0.1) is 12.8 Å². The molecule has 5 aromatic rings. The van der Waals surface area contributed by atoms with Gasteiger partial charge in [0.2, 0.25) is 0 Å². The van der Waals surface area contributed by atoms with Crippen LogP contribution in [0.15, 0.2) is 109 Å². The molecule has 0 unspecified atom stereocenters. The van der Waals surface area contributed by atoms with E-state index in [-0.39, 0.29) is 5.78 Å². The van der Waals surface area contributed by atoms with Gasteiger partial charge in [-0.3, -0.25) is 4.79 Å². The number of hydrogen-bond acceptors (Lipinski definition) is 8. The van der Waals surface area contributed by atoms with Crippen LogP contribution in [-0.2, 0) is 0 Å². The van der Waals surface area contributed by atoms with Crippen LogP contribution in [0.1, 0.15) is 17.3 Å². The molecule has 0 saturated carbocycles. The predicted octanol–water partition coefficient (Wildman–Crippen LogP) is 7.17. The fraction of sp³-hybridized carbons (Fsp3) is 0.0606. The molecule has 0 radical (unpaired) electrons. The summed E-state index contributed by atoms with van der Waals surface area (Å²) in [6.07, 6.45) is 0. The maximum atomic E-state index is 12.3. The summed E-state index contributed by atoms with van der Waals surface area (Å²) in [6, 6.07) is 34.5. The summed E-state index contributed by atoms with van der Waals surface area (Å²) < 4.78 is 5.50. The Morgan fingerprint density at radius 3 is 1.34 bits per heavy atom. The quantitative estimate of drug-likeness (QED) is 0.119. The van der Waals surface area contributed by atoms with Gasteiger partial charge in [0.1, 0.15) is 5.75 Å². The molecular weight excluding hydrogens is 512 g/mol. The summed E-state index contributed by atoms with van der Waals surface area (Å²) in [5, 5.41) is 0. The van der Waals surface area contributed by atoms with Gasteiger partial charge < -0.3 is 37.5 Å². The minimum Gasteiger partial charge on any atom is -0.495 e. The van der Waals surface area contributed by atoms with Crippen LogP contribution in [0.2, 0.25) is 0 Å². The SMILES string of the molecule is COc1cc(N(c2ccc(N(c3ccc(N)cc3)c3ccc(N)cc3)cc2)c2ccc(N)c(C(C)=O)c2)ccc1N. The highest BCUT2D eigenvalue weighted by atomic mass is 16.5. The Kier molecular flexibility index (Phi) is 7.39. The lowest BCUT2D eigenvalue weighted by Crippen LogP contribution is -2.13. The summed E-state index contributed by atoms with van der Waals surface area (Å²) in [7, 11) is 1.58. The number of Topliss-reactive ketones (excluding diaryl/α,β-unsaturated/α-hetero) is 1. The largest absolute Gasteiger partial charge is 0.495 e. The molecule has 5 aromatic carbocycles. The standard InChI is InChI=1S/C33H32N6O2/c1-21(40)30-19-28(15-17-31(30)36)39(29-16-18-32(37)33(20-29)41-2)27-13-11-26(12-14-27)38(24-7-3-22(34)4-8-24)25-9-5-23(35)6-10-25/h3-20H,34-37H2,1-2H3. The molecule has 0 aliphatic heterocycles. The normalized spacial score (nSPS) is 10.7. The van der Waals surface area contributed by atoms with Crippen molar-refractivity contribution in [3.8, 4) is 5.75 Å². The Hall–Kier alpha value is -5.63. The molecule has 0 spiro atoms. The van der Waals surface area contributed by atoms with E-state index in [0.717, 1.165) is 34.1 Å². The van der Waals surface area contributed by atoms with Crippen LogP contribution in [0.25, 0.3) is 0 Å². The topological polar surface area (TPSA) is 137 Å². The molecule has 8 N–H and O–H groups in total. The number of methoxy groups -OCH3 is 1. The minimum atomic E-state index is -0.114. The zero-order valence-corrected chi connectivity index (χ0v) is 22.9. The molecule has 8 heteroatoms. The molecule has 0 saturated heterocycles. The number of benzene rings is 5. The number of hydrogen-bond donors (Lipinski definition) is 4. The minimum absolute atomic E-state index is 0.114. The van der Waals surface area contributed by atoms with Crippen LogP contribution < -0.4 is 37.5 Å². The smallest absolute Gasteiger partial charge is 0.161 e. The lowest BCUT2D eigenvalue weighted by molar-refractivity contribution is 0.101. The molecule has 0 bridgehead atoms. The number of nitrogens with two attached hydrogens (primary N) is 4. The fourth-order valence-corrected chi connectivity index (χ4v) is 4.72. The second-order valence-corrected chi connectivity index (χ2v) is 9.62. The van der Waals surface area contributed by atoms with E-state index in [2.05, 4.69) is 4.90 Å². The maximum absolute atomic E-state index is 12.3. The number of ether oxygens (including phenoxy) is 1. The molecule has 8 nitrogen and oxygen atoms in total. The van der Waals surface area contributed by atoms with E-state index in [1.165, 1.54) is 6.92 Å². The predicted molar refractivity (Wildman–Crippen MR) is 170 cm³/mol. The van der Waals surface area contributed by atoms with Crippen LogP contribution in [0.3, 0.4) is 0 Å². The summed E-state index contributed by atoms with van der Waals surface area (Å²) >= 11 is 0. The van der Waals surface area contributed by atoms with E-state index in [4.69, 9.17) is 27.7 Å². The number of carbonyl (C=O) groups excluding carboxylic acids is 1. The first-order valence-electron chi connectivity index (χ1n) is 13.0. The highest BCUT2D eigenvalue weighted by molar-refractivity contribution is 6.00. The Labute approximate surface area is 239 Å². The van der Waals surface area contributed by atoms with Crippen molar-refractivity contribution in [2.75, 3.05) is 39.8 Å². The van der Waals surface area contributed by atoms with E-state index in [9.17, 15) is 4.79 Å². The first-order chi connectivity index (χ1) is 19.7. The van der Waals surface area contributed by atoms with Crippen LogP contribution in [0.4, 0.5) is 56.9 Å². The molecule has 5 rings (SSSR count). The highest BCUT2D eigenvalue weighted by Crippen LogP contribution is 2.41. The maximum Gasteiger partial charge on any atom is 0.161 e. The summed E-state index contributed by atoms with van der Waals surface area (Å²) in [6.45, 7) is 1.50. The van der Waals surface area contributed by atoms with Crippen molar-refractivity contribution < 1.29 is 9.53 Å². The number of rotatable bonds is 8. The Morgan fingerprint density at radius 1 is 0.537 bits per heavy atom. The van der Waals surface area contributed by atoms with Gasteiger partial charge in [-0.2, -0.15) is 0 Å². The van der Waals surface area contributed by atoms with Crippen molar-refractivity contribution in [1.82, 2.24) is 0 Å². The molecular formula is C33H32N6O2. The monoisotopic (exact) mass is 544 g/mol. The van der Waals surface area contributed by atoms with E-state index in [1.54, 1.807) is 25.3 Å². The molecule has 0 fully saturated rings. The number of anilines is 10. The van der Waals surface area contributed by atoms with Gasteiger partial charge in [0.15, 0.2) is 5.78 Å². The number of ketones is 1. The molecule has 0 amide bonds. The van der Waals surface area contributed by atoms with Crippen LogP contribution in [-0.4, -0.2) is 12.9 Å². The van der Waals surface area contributed by atoms with Gasteiger partial charge in [-0.05, 0) is 110 Å². The summed E-state index contributed by atoms with van der Waals surface area (Å²) in [5.41, 5.74) is 32.2. The molecule has 41 heavy (non-hydrogen) atoms. The van der Waals surface area contributed by atoms with Crippen molar-refractivity contribution >= 4 is 62.7 Å². The first kappa shape index (κ1) is 27.0. The Morgan fingerprint density at radius 2 is 0.902 bits per heavy atom. The number of nitrogen functional groups attached to an aromatic ring is 4. The molecule has 0 aliphatic carbocycles. The van der Waals surface area contributed by atoms with Gasteiger partial charge in [0.25, 0.3) is 0 Å². The fourth-order valence-electron chi connectivity index (χ4n) is 4.72. The third-order valence-corrected chi connectivity index (χ3v) is 6.82. The average Bonchev–Trinajstić information content (AvgIpc) is 2.97.